The van der Waals surface area contributed by atoms with Crippen LogP contribution in [0.15, 0.2) is 65.1 Å². The first-order chi connectivity index (χ1) is 14.4. The third kappa shape index (κ3) is 5.23. The molecule has 0 saturated carbocycles. The Hall–Kier alpha value is -3.21. The van der Waals surface area contributed by atoms with Gasteiger partial charge in [-0.05, 0) is 75.1 Å². The van der Waals surface area contributed by atoms with E-state index < -0.39 is 10.7 Å². The van der Waals surface area contributed by atoms with Gasteiger partial charge in [0.2, 0.25) is 0 Å². The summed E-state index contributed by atoms with van der Waals surface area (Å²) in [7, 11) is 0. The number of nitro benzene ring substituents is 1. The Balaban J connectivity index is 1.81. The smallest absolute Gasteiger partial charge is 0.269 e. The van der Waals surface area contributed by atoms with Crippen LogP contribution in [0.25, 0.3) is 11.6 Å². The normalized spacial score (nSPS) is 11.1. The minimum atomic E-state index is -0.469. The van der Waals surface area contributed by atoms with Crippen molar-refractivity contribution < 1.29 is 14.1 Å². The number of nitrogens with zero attached hydrogens (tertiary/aromatic N) is 2. The number of nitriles is 1. The van der Waals surface area contributed by atoms with E-state index in [-0.39, 0.29) is 17.9 Å². The predicted octanol–water partition coefficient (Wildman–Crippen LogP) is 6.79. The van der Waals surface area contributed by atoms with Gasteiger partial charge in [0.15, 0.2) is 5.75 Å². The molecule has 0 fully saturated rings. The van der Waals surface area contributed by atoms with Crippen LogP contribution in [0.4, 0.5) is 10.1 Å². The van der Waals surface area contributed by atoms with Crippen LogP contribution in [0.3, 0.4) is 0 Å². The van der Waals surface area contributed by atoms with Gasteiger partial charge in [-0.15, -0.1) is 0 Å². The van der Waals surface area contributed by atoms with Crippen molar-refractivity contribution >= 4 is 44.9 Å². The summed E-state index contributed by atoms with van der Waals surface area (Å²) in [5.74, 6) is -0.0284. The highest BCUT2D eigenvalue weighted by Gasteiger charge is 2.11. The molecular weight excluding hydrogens is 475 g/mol. The molecule has 30 heavy (non-hydrogen) atoms. The van der Waals surface area contributed by atoms with Gasteiger partial charge in [0.1, 0.15) is 12.4 Å². The molecule has 0 saturated heterocycles. The number of nitro groups is 1. The summed E-state index contributed by atoms with van der Waals surface area (Å²) in [5, 5.41) is 20.5. The van der Waals surface area contributed by atoms with Crippen LogP contribution >= 0.6 is 27.5 Å². The van der Waals surface area contributed by atoms with E-state index in [0.717, 1.165) is 5.56 Å². The summed E-state index contributed by atoms with van der Waals surface area (Å²) in [5.41, 5.74) is 2.13. The molecule has 0 aliphatic carbocycles. The topological polar surface area (TPSA) is 76.2 Å². The highest BCUT2D eigenvalue weighted by Crippen LogP contribution is 2.36. The molecule has 0 N–H and O–H groups in total. The summed E-state index contributed by atoms with van der Waals surface area (Å²) in [6, 6.07) is 17.2. The molecule has 3 rings (SSSR count). The van der Waals surface area contributed by atoms with Gasteiger partial charge in [-0.25, -0.2) is 4.39 Å². The molecule has 0 aliphatic heterocycles. The fourth-order valence-corrected chi connectivity index (χ4v) is 3.66. The number of halogens is 3. The molecule has 0 bridgehead atoms. The summed E-state index contributed by atoms with van der Waals surface area (Å²) >= 11 is 9.76. The summed E-state index contributed by atoms with van der Waals surface area (Å²) in [6.45, 7) is 0.165. The number of hydrogen-bond acceptors (Lipinski definition) is 4. The van der Waals surface area contributed by atoms with E-state index in [0.29, 0.717) is 26.4 Å². The Labute approximate surface area is 185 Å². The van der Waals surface area contributed by atoms with Crippen molar-refractivity contribution in [2.24, 2.45) is 0 Å². The van der Waals surface area contributed by atoms with Gasteiger partial charge in [0.05, 0.1) is 26.1 Å². The maximum atomic E-state index is 13.5. The van der Waals surface area contributed by atoms with Gasteiger partial charge in [-0.1, -0.05) is 23.7 Å². The third-order valence-corrected chi connectivity index (χ3v) is 4.99. The summed E-state index contributed by atoms with van der Waals surface area (Å²) in [6.07, 6.45) is 1.60. The highest BCUT2D eigenvalue weighted by atomic mass is 79.9. The Morgan fingerprint density at radius 2 is 1.97 bits per heavy atom. The summed E-state index contributed by atoms with van der Waals surface area (Å²) < 4.78 is 19.8. The second-order valence-corrected chi connectivity index (χ2v) is 7.47. The second-order valence-electron chi connectivity index (χ2n) is 6.21. The van der Waals surface area contributed by atoms with Gasteiger partial charge in [0, 0.05) is 12.1 Å². The van der Waals surface area contributed by atoms with Crippen LogP contribution in [0.1, 0.15) is 16.7 Å². The van der Waals surface area contributed by atoms with Crippen molar-refractivity contribution in [3.8, 4) is 11.8 Å². The number of allylic oxidation sites excluding steroid dienone is 1. The molecule has 0 aliphatic rings. The average Bonchev–Trinajstić information content (AvgIpc) is 2.71. The van der Waals surface area contributed by atoms with Crippen LogP contribution in [-0.2, 0) is 6.61 Å². The molecule has 3 aromatic rings. The number of non-ortho nitro benzene ring substituents is 1. The van der Waals surface area contributed by atoms with Crippen molar-refractivity contribution in [2.45, 2.75) is 6.61 Å². The molecule has 0 spiro atoms. The molecule has 0 atom stereocenters. The molecule has 0 heterocycles. The standard InChI is InChI=1S/C22H13BrClFN2O3/c23-20-9-15(8-17(12-26)16-2-1-3-18(25)11-16)10-21(24)22(20)30-13-14-4-6-19(7-5-14)27(28)29/h1-11H,13H2/b17-8-. The van der Waals surface area contributed by atoms with Crippen LogP contribution in [0.5, 0.6) is 5.75 Å². The largest absolute Gasteiger partial charge is 0.486 e. The van der Waals surface area contributed by atoms with E-state index in [9.17, 15) is 19.8 Å². The zero-order valence-electron chi connectivity index (χ0n) is 15.3. The molecule has 8 heteroatoms. The van der Waals surface area contributed by atoms with Crippen molar-refractivity contribution in [3.05, 3.63) is 103 Å². The Kier molecular flexibility index (Phi) is 6.83. The quantitative estimate of drug-likeness (QED) is 0.166. The molecule has 150 valence electrons. The van der Waals surface area contributed by atoms with Crippen molar-refractivity contribution in [2.75, 3.05) is 0 Å². The minimum absolute atomic E-state index is 0.000646. The van der Waals surface area contributed by atoms with E-state index in [4.69, 9.17) is 16.3 Å². The van der Waals surface area contributed by atoms with Crippen molar-refractivity contribution in [3.63, 3.8) is 0 Å². The third-order valence-electron chi connectivity index (χ3n) is 4.12. The molecule has 0 aromatic heterocycles. The van der Waals surface area contributed by atoms with Gasteiger partial charge in [-0.2, -0.15) is 5.26 Å². The van der Waals surface area contributed by atoms with Crippen LogP contribution in [0, 0.1) is 27.3 Å². The zero-order chi connectivity index (χ0) is 21.7. The first kappa shape index (κ1) is 21.5. The minimum Gasteiger partial charge on any atom is -0.486 e. The number of benzene rings is 3. The second kappa shape index (κ2) is 9.53. The van der Waals surface area contributed by atoms with Crippen LogP contribution in [0.2, 0.25) is 5.02 Å². The van der Waals surface area contributed by atoms with E-state index in [1.54, 1.807) is 36.4 Å². The lowest BCUT2D eigenvalue weighted by Gasteiger charge is -2.11. The summed E-state index contributed by atoms with van der Waals surface area (Å²) in [4.78, 5) is 10.3. The highest BCUT2D eigenvalue weighted by molar-refractivity contribution is 9.10. The van der Waals surface area contributed by atoms with Crippen molar-refractivity contribution in [1.29, 1.82) is 5.26 Å². The monoisotopic (exact) mass is 486 g/mol. The molecule has 0 radical (unpaired) electrons. The molecule has 0 amide bonds. The zero-order valence-corrected chi connectivity index (χ0v) is 17.7. The number of rotatable bonds is 6. The fraction of sp³-hybridized carbons (Fsp3) is 0.0455. The van der Waals surface area contributed by atoms with Crippen LogP contribution < -0.4 is 4.74 Å². The van der Waals surface area contributed by atoms with E-state index in [1.165, 1.54) is 30.3 Å². The molecular formula is C22H13BrClFN2O3. The molecule has 5 nitrogen and oxygen atoms in total. The van der Waals surface area contributed by atoms with Gasteiger partial charge < -0.3 is 4.74 Å². The molecule has 3 aromatic carbocycles. The van der Waals surface area contributed by atoms with Gasteiger partial charge in [-0.3, -0.25) is 10.1 Å². The van der Waals surface area contributed by atoms with Gasteiger partial charge >= 0.3 is 0 Å². The predicted molar refractivity (Wildman–Crippen MR) is 116 cm³/mol. The van der Waals surface area contributed by atoms with E-state index in [2.05, 4.69) is 22.0 Å². The maximum Gasteiger partial charge on any atom is 0.269 e. The van der Waals surface area contributed by atoms with Gasteiger partial charge in [0.25, 0.3) is 5.69 Å². The Bertz CT molecular complexity index is 1150. The first-order valence-electron chi connectivity index (χ1n) is 8.60. The number of ether oxygens (including phenoxy) is 1. The fourth-order valence-electron chi connectivity index (χ4n) is 2.67. The first-order valence-corrected chi connectivity index (χ1v) is 9.77. The van der Waals surface area contributed by atoms with E-state index in [1.807, 2.05) is 0 Å². The average molecular weight is 488 g/mol. The SMILES string of the molecule is N#C/C(=C/c1cc(Cl)c(OCc2ccc([N+](=O)[O-])cc2)c(Br)c1)c1cccc(F)c1. The van der Waals surface area contributed by atoms with Crippen LogP contribution in [-0.4, -0.2) is 4.92 Å². The lowest BCUT2D eigenvalue weighted by Crippen LogP contribution is -1.98. The van der Waals surface area contributed by atoms with Crippen molar-refractivity contribution in [1.82, 2.24) is 0 Å². The van der Waals surface area contributed by atoms with E-state index >= 15 is 0 Å². The Morgan fingerprint density at radius 1 is 1.23 bits per heavy atom. The lowest BCUT2D eigenvalue weighted by molar-refractivity contribution is -0.384. The molecule has 0 unspecified atom stereocenters. The maximum absolute atomic E-state index is 13.5. The number of hydrogen-bond donors (Lipinski definition) is 0. The lowest BCUT2D eigenvalue weighted by atomic mass is 10.0. The Morgan fingerprint density at radius 3 is 2.57 bits per heavy atom.